The van der Waals surface area contributed by atoms with Crippen molar-refractivity contribution in [3.8, 4) is 0 Å². The molecule has 1 aliphatic carbocycles. The Kier molecular flexibility index (Phi) is 3.81. The molecule has 0 N–H and O–H groups in total. The lowest BCUT2D eigenvalue weighted by Gasteiger charge is -2.42. The second-order valence-corrected chi connectivity index (χ2v) is 12.1. The van der Waals surface area contributed by atoms with Crippen molar-refractivity contribution in [1.29, 1.82) is 0 Å². The largest absolute Gasteiger partial charge is 0.409 e. The Labute approximate surface area is 108 Å². The predicted molar refractivity (Wildman–Crippen MR) is 78.7 cm³/mol. The maximum absolute atomic E-state index is 6.58. The maximum atomic E-state index is 6.58. The minimum atomic E-state index is -1.71. The summed E-state index contributed by atoms with van der Waals surface area (Å²) in [5.41, 5.74) is 1.49. The van der Waals surface area contributed by atoms with Crippen LogP contribution in [0.1, 0.15) is 41.0 Å². The van der Waals surface area contributed by atoms with Crippen molar-refractivity contribution in [3.05, 3.63) is 24.3 Å². The number of allylic oxidation sites excluding steroid dienone is 1. The fourth-order valence-corrected chi connectivity index (χ4v) is 3.33. The molecule has 0 fully saturated rings. The van der Waals surface area contributed by atoms with E-state index in [0.717, 1.165) is 6.42 Å². The fourth-order valence-electron chi connectivity index (χ4n) is 1.94. The van der Waals surface area contributed by atoms with E-state index in [2.05, 4.69) is 60.4 Å². The van der Waals surface area contributed by atoms with Gasteiger partial charge in [-0.05, 0) is 35.5 Å². The summed E-state index contributed by atoms with van der Waals surface area (Å²) in [6.07, 6.45) is 5.56. The van der Waals surface area contributed by atoms with Crippen LogP contribution in [-0.2, 0) is 4.43 Å². The molecule has 98 valence electrons. The van der Waals surface area contributed by atoms with E-state index in [1.165, 1.54) is 5.57 Å². The first kappa shape index (κ1) is 14.7. The van der Waals surface area contributed by atoms with Crippen molar-refractivity contribution in [2.75, 3.05) is 0 Å². The minimum absolute atomic E-state index is 0.207. The van der Waals surface area contributed by atoms with Gasteiger partial charge in [0.2, 0.25) is 0 Å². The third-order valence-corrected chi connectivity index (χ3v) is 8.77. The molecule has 0 amide bonds. The van der Waals surface area contributed by atoms with Gasteiger partial charge in [0, 0.05) is 0 Å². The predicted octanol–water partition coefficient (Wildman–Crippen LogP) is 4.92. The van der Waals surface area contributed by atoms with Crippen LogP contribution in [0.5, 0.6) is 0 Å². The standard InChI is InChI=1S/C15H28OSi/c1-9-12-10-11-15(5,6)13(12)16-17(7,8)14(2,3)4/h9-10,13H,1,11H2,2-8H3. The van der Waals surface area contributed by atoms with E-state index in [-0.39, 0.29) is 16.6 Å². The van der Waals surface area contributed by atoms with Gasteiger partial charge in [0.25, 0.3) is 0 Å². The van der Waals surface area contributed by atoms with Crippen molar-refractivity contribution >= 4 is 8.32 Å². The summed E-state index contributed by atoms with van der Waals surface area (Å²) >= 11 is 0. The molecule has 1 nitrogen and oxygen atoms in total. The lowest BCUT2D eigenvalue weighted by Crippen LogP contribution is -2.47. The maximum Gasteiger partial charge on any atom is 0.192 e. The molecule has 17 heavy (non-hydrogen) atoms. The summed E-state index contributed by atoms with van der Waals surface area (Å²) in [5.74, 6) is 0. The molecule has 0 aromatic rings. The molecule has 1 atom stereocenters. The van der Waals surface area contributed by atoms with E-state index >= 15 is 0 Å². The number of rotatable bonds is 3. The van der Waals surface area contributed by atoms with Crippen LogP contribution >= 0.6 is 0 Å². The zero-order valence-electron chi connectivity index (χ0n) is 12.6. The third kappa shape index (κ3) is 2.91. The Bertz CT molecular complexity index is 331. The molecule has 1 rings (SSSR count). The molecule has 0 aromatic carbocycles. The first-order valence-electron chi connectivity index (χ1n) is 6.51. The second kappa shape index (κ2) is 4.40. The van der Waals surface area contributed by atoms with Gasteiger partial charge in [0.15, 0.2) is 8.32 Å². The van der Waals surface area contributed by atoms with E-state index in [0.29, 0.717) is 0 Å². The summed E-state index contributed by atoms with van der Waals surface area (Å²) < 4.78 is 6.58. The van der Waals surface area contributed by atoms with Crippen LogP contribution in [-0.4, -0.2) is 14.4 Å². The molecule has 0 saturated carbocycles. The van der Waals surface area contributed by atoms with Crippen molar-refractivity contribution in [2.24, 2.45) is 5.41 Å². The zero-order chi connectivity index (χ0) is 13.5. The number of hydrogen-bond acceptors (Lipinski definition) is 1. The highest BCUT2D eigenvalue weighted by atomic mass is 28.4. The molecule has 0 bridgehead atoms. The molecule has 0 spiro atoms. The Hall–Kier alpha value is -0.343. The average Bonchev–Trinajstić information content (AvgIpc) is 2.40. The van der Waals surface area contributed by atoms with Crippen LogP contribution in [0, 0.1) is 5.41 Å². The molecule has 0 radical (unpaired) electrons. The molecule has 0 aliphatic heterocycles. The van der Waals surface area contributed by atoms with Crippen LogP contribution in [0.4, 0.5) is 0 Å². The van der Waals surface area contributed by atoms with E-state index in [1.54, 1.807) is 0 Å². The Morgan fingerprint density at radius 2 is 1.94 bits per heavy atom. The average molecular weight is 252 g/mol. The fraction of sp³-hybridized carbons (Fsp3) is 0.733. The number of hydrogen-bond donors (Lipinski definition) is 0. The molecule has 0 saturated heterocycles. The third-order valence-electron chi connectivity index (χ3n) is 4.33. The van der Waals surface area contributed by atoms with E-state index < -0.39 is 8.32 Å². The molecule has 0 heterocycles. The van der Waals surface area contributed by atoms with E-state index in [4.69, 9.17) is 4.43 Å². The lowest BCUT2D eigenvalue weighted by molar-refractivity contribution is 0.108. The molecular formula is C15H28OSi. The van der Waals surface area contributed by atoms with Gasteiger partial charge >= 0.3 is 0 Å². The minimum Gasteiger partial charge on any atom is -0.409 e. The first-order chi connectivity index (χ1) is 7.51. The van der Waals surface area contributed by atoms with E-state index in [1.807, 2.05) is 6.08 Å². The zero-order valence-corrected chi connectivity index (χ0v) is 13.6. The Morgan fingerprint density at radius 1 is 1.41 bits per heavy atom. The molecule has 1 unspecified atom stereocenters. The summed E-state index contributed by atoms with van der Waals surface area (Å²) in [7, 11) is -1.71. The van der Waals surface area contributed by atoms with Crippen LogP contribution < -0.4 is 0 Å². The summed E-state index contributed by atoms with van der Waals surface area (Å²) in [6, 6.07) is 0. The highest BCUT2D eigenvalue weighted by molar-refractivity contribution is 6.74. The highest BCUT2D eigenvalue weighted by Crippen LogP contribution is 2.45. The van der Waals surface area contributed by atoms with Crippen LogP contribution in [0.25, 0.3) is 0 Å². The summed E-state index contributed by atoms with van der Waals surface area (Å²) in [4.78, 5) is 0. The molecule has 1 aliphatic rings. The highest BCUT2D eigenvalue weighted by Gasteiger charge is 2.44. The van der Waals surface area contributed by atoms with Gasteiger partial charge in [-0.25, -0.2) is 0 Å². The normalized spacial score (nSPS) is 24.6. The summed E-state index contributed by atoms with van der Waals surface area (Å²) in [5, 5.41) is 0.262. The molecule has 0 aromatic heterocycles. The van der Waals surface area contributed by atoms with Gasteiger partial charge in [-0.15, -0.1) is 0 Å². The van der Waals surface area contributed by atoms with Crippen molar-refractivity contribution < 1.29 is 4.43 Å². The second-order valence-electron chi connectivity index (χ2n) is 7.36. The smallest absolute Gasteiger partial charge is 0.192 e. The first-order valence-corrected chi connectivity index (χ1v) is 9.42. The molecule has 2 heteroatoms. The monoisotopic (exact) mass is 252 g/mol. The van der Waals surface area contributed by atoms with Crippen LogP contribution in [0.3, 0.4) is 0 Å². The summed E-state index contributed by atoms with van der Waals surface area (Å²) in [6.45, 7) is 20.0. The quantitative estimate of drug-likeness (QED) is 0.648. The Balaban J connectivity index is 2.93. The van der Waals surface area contributed by atoms with Crippen molar-refractivity contribution in [1.82, 2.24) is 0 Å². The van der Waals surface area contributed by atoms with Gasteiger partial charge in [-0.3, -0.25) is 0 Å². The van der Waals surface area contributed by atoms with E-state index in [9.17, 15) is 0 Å². The molecular weight excluding hydrogens is 224 g/mol. The topological polar surface area (TPSA) is 9.23 Å². The van der Waals surface area contributed by atoms with Gasteiger partial charge in [-0.1, -0.05) is 53.3 Å². The van der Waals surface area contributed by atoms with Crippen molar-refractivity contribution in [3.63, 3.8) is 0 Å². The van der Waals surface area contributed by atoms with Gasteiger partial charge in [0.1, 0.15) is 0 Å². The van der Waals surface area contributed by atoms with Crippen LogP contribution in [0.2, 0.25) is 18.1 Å². The Morgan fingerprint density at radius 3 is 2.35 bits per heavy atom. The van der Waals surface area contributed by atoms with Gasteiger partial charge in [0.05, 0.1) is 6.10 Å². The van der Waals surface area contributed by atoms with Crippen molar-refractivity contribution in [2.45, 2.75) is 65.3 Å². The van der Waals surface area contributed by atoms with Crippen LogP contribution in [0.15, 0.2) is 24.3 Å². The SMILES string of the molecule is C=CC1=CCC(C)(C)C1O[Si](C)(C)C(C)(C)C. The van der Waals surface area contributed by atoms with Gasteiger partial charge < -0.3 is 4.43 Å². The van der Waals surface area contributed by atoms with Gasteiger partial charge in [-0.2, -0.15) is 0 Å². The lowest BCUT2D eigenvalue weighted by atomic mass is 9.87.